The quantitative estimate of drug-likeness (QED) is 0.551. The predicted octanol–water partition coefficient (Wildman–Crippen LogP) is 0.602. The van der Waals surface area contributed by atoms with Crippen molar-refractivity contribution in [2.75, 3.05) is 31.2 Å². The van der Waals surface area contributed by atoms with Crippen LogP contribution in [-0.4, -0.2) is 79.3 Å². The van der Waals surface area contributed by atoms with Gasteiger partial charge in [0, 0.05) is 31.6 Å². The number of sulfone groups is 1. The fourth-order valence-electron chi connectivity index (χ4n) is 3.58. The van der Waals surface area contributed by atoms with Gasteiger partial charge in [0.2, 0.25) is 5.91 Å². The summed E-state index contributed by atoms with van der Waals surface area (Å²) < 4.78 is 28.7. The average molecular weight is 403 g/mol. The maximum absolute atomic E-state index is 12.6. The summed E-state index contributed by atoms with van der Waals surface area (Å²) in [6, 6.07) is -0.331. The molecule has 27 heavy (non-hydrogen) atoms. The van der Waals surface area contributed by atoms with E-state index in [2.05, 4.69) is 0 Å². The predicted molar refractivity (Wildman–Crippen MR) is 99.6 cm³/mol. The molecule has 2 unspecified atom stereocenters. The average Bonchev–Trinajstić information content (AvgIpc) is 3.15. The third-order valence-corrected chi connectivity index (χ3v) is 6.93. The third kappa shape index (κ3) is 5.67. The van der Waals surface area contributed by atoms with Crippen molar-refractivity contribution in [3.8, 4) is 0 Å². The lowest BCUT2D eigenvalue weighted by Crippen LogP contribution is -2.44. The van der Waals surface area contributed by atoms with Gasteiger partial charge in [-0.25, -0.2) is 8.42 Å². The molecule has 2 atom stereocenters. The Kier molecular flexibility index (Phi) is 7.25. The number of nitrogens with zero attached hydrogens (tertiary/aromatic N) is 2. The summed E-state index contributed by atoms with van der Waals surface area (Å²) in [5, 5.41) is 0. The number of rotatable bonds is 8. The zero-order chi connectivity index (χ0) is 20.2. The molecule has 2 fully saturated rings. The number of hydrogen-bond acceptors (Lipinski definition) is 6. The molecule has 2 aliphatic heterocycles. The highest BCUT2D eigenvalue weighted by molar-refractivity contribution is 7.91. The molecule has 8 nitrogen and oxygen atoms in total. The molecule has 0 bridgehead atoms. The smallest absolute Gasteiger partial charge is 0.311 e. The second kappa shape index (κ2) is 9.03. The third-order valence-electron chi connectivity index (χ3n) is 5.18. The summed E-state index contributed by atoms with van der Waals surface area (Å²) in [4.78, 5) is 39.9. The van der Waals surface area contributed by atoms with E-state index in [1.165, 1.54) is 0 Å². The van der Waals surface area contributed by atoms with Gasteiger partial charge < -0.3 is 14.5 Å². The van der Waals surface area contributed by atoms with E-state index in [0.717, 1.165) is 12.8 Å². The number of amides is 2. The molecule has 0 radical (unpaired) electrons. The maximum Gasteiger partial charge on any atom is 0.311 e. The fraction of sp³-hybridized carbons (Fsp3) is 0.833. The van der Waals surface area contributed by atoms with Crippen molar-refractivity contribution in [1.82, 2.24) is 9.80 Å². The molecular formula is C18H30N2O6S. The monoisotopic (exact) mass is 402 g/mol. The number of carbonyl (C=O) groups is 3. The molecule has 0 aliphatic carbocycles. The highest BCUT2D eigenvalue weighted by atomic mass is 32.2. The first-order valence-corrected chi connectivity index (χ1v) is 11.4. The number of ether oxygens (including phenoxy) is 1. The lowest BCUT2D eigenvalue weighted by molar-refractivity contribution is -0.156. The molecule has 2 saturated heterocycles. The molecule has 0 saturated carbocycles. The molecule has 0 aromatic rings. The maximum atomic E-state index is 12.6. The number of likely N-dealkylation sites (tertiary alicyclic amines) is 1. The van der Waals surface area contributed by atoms with Crippen molar-refractivity contribution >= 4 is 27.6 Å². The van der Waals surface area contributed by atoms with Crippen LogP contribution in [0.15, 0.2) is 0 Å². The van der Waals surface area contributed by atoms with E-state index in [4.69, 9.17) is 4.74 Å². The van der Waals surface area contributed by atoms with Crippen LogP contribution in [0, 0.1) is 5.92 Å². The van der Waals surface area contributed by atoms with Crippen LogP contribution in [0.3, 0.4) is 0 Å². The number of hydrogen-bond donors (Lipinski definition) is 0. The minimum Gasteiger partial charge on any atom is -0.455 e. The van der Waals surface area contributed by atoms with Crippen LogP contribution in [-0.2, 0) is 29.0 Å². The molecular weight excluding hydrogens is 372 g/mol. The van der Waals surface area contributed by atoms with Gasteiger partial charge in [-0.15, -0.1) is 0 Å². The van der Waals surface area contributed by atoms with Gasteiger partial charge in [0.15, 0.2) is 16.4 Å². The van der Waals surface area contributed by atoms with Crippen LogP contribution in [0.25, 0.3) is 0 Å². The largest absolute Gasteiger partial charge is 0.455 e. The van der Waals surface area contributed by atoms with E-state index in [1.807, 2.05) is 20.8 Å². The summed E-state index contributed by atoms with van der Waals surface area (Å²) in [6.07, 6.45) is 2.16. The van der Waals surface area contributed by atoms with E-state index in [1.54, 1.807) is 9.80 Å². The van der Waals surface area contributed by atoms with Crippen LogP contribution in [0.1, 0.15) is 46.5 Å². The summed E-state index contributed by atoms with van der Waals surface area (Å²) >= 11 is 0. The topological polar surface area (TPSA) is 101 Å². The standard InChI is InChI=1S/C18H30N2O6S/c1-4-5-7-19(15-6-8-27(24,25)12-15)17(22)11-26-18(23)14-9-16(21)20(10-14)13(2)3/h13-15H,4-12H2,1-3H3. The lowest BCUT2D eigenvalue weighted by Gasteiger charge is -2.28. The van der Waals surface area contributed by atoms with Gasteiger partial charge in [-0.3, -0.25) is 14.4 Å². The molecule has 0 aromatic heterocycles. The van der Waals surface area contributed by atoms with Crippen molar-refractivity contribution in [2.24, 2.45) is 5.92 Å². The first-order valence-electron chi connectivity index (χ1n) is 9.60. The summed E-state index contributed by atoms with van der Waals surface area (Å²) in [7, 11) is -3.11. The van der Waals surface area contributed by atoms with Crippen molar-refractivity contribution in [3.63, 3.8) is 0 Å². The molecule has 0 N–H and O–H groups in total. The van der Waals surface area contributed by atoms with Crippen molar-refractivity contribution < 1.29 is 27.5 Å². The minimum absolute atomic E-state index is 0.0192. The highest BCUT2D eigenvalue weighted by Gasteiger charge is 2.38. The molecule has 154 valence electrons. The van der Waals surface area contributed by atoms with Gasteiger partial charge in [-0.05, 0) is 26.7 Å². The van der Waals surface area contributed by atoms with Gasteiger partial charge >= 0.3 is 5.97 Å². The van der Waals surface area contributed by atoms with Crippen LogP contribution in [0.5, 0.6) is 0 Å². The summed E-state index contributed by atoms with van der Waals surface area (Å²) in [5.74, 6) is -1.50. The first kappa shape index (κ1) is 21.7. The van der Waals surface area contributed by atoms with Crippen LogP contribution in [0.2, 0.25) is 0 Å². The van der Waals surface area contributed by atoms with E-state index < -0.39 is 28.3 Å². The molecule has 2 heterocycles. The Morgan fingerprint density at radius 2 is 2.04 bits per heavy atom. The summed E-state index contributed by atoms with van der Waals surface area (Å²) in [5.41, 5.74) is 0. The number of esters is 1. The summed E-state index contributed by atoms with van der Waals surface area (Å²) in [6.45, 7) is 6.12. The number of unbranched alkanes of at least 4 members (excludes halogenated alkanes) is 1. The second-order valence-electron chi connectivity index (χ2n) is 7.65. The van der Waals surface area contributed by atoms with Crippen molar-refractivity contribution in [1.29, 1.82) is 0 Å². The van der Waals surface area contributed by atoms with Crippen LogP contribution < -0.4 is 0 Å². The Balaban J connectivity index is 1.91. The molecule has 2 aliphatic rings. The Labute approximate surface area is 161 Å². The van der Waals surface area contributed by atoms with Crippen molar-refractivity contribution in [3.05, 3.63) is 0 Å². The first-order chi connectivity index (χ1) is 12.6. The Bertz CT molecular complexity index is 675. The fourth-order valence-corrected chi connectivity index (χ4v) is 5.31. The molecule has 9 heteroatoms. The SMILES string of the molecule is CCCCN(C(=O)COC(=O)C1CC(=O)N(C(C)C)C1)C1CCS(=O)(=O)C1. The zero-order valence-electron chi connectivity index (χ0n) is 16.3. The van der Waals surface area contributed by atoms with E-state index in [-0.39, 0.29) is 41.8 Å². The Morgan fingerprint density at radius 3 is 2.56 bits per heavy atom. The van der Waals surface area contributed by atoms with Gasteiger partial charge in [0.25, 0.3) is 5.91 Å². The minimum atomic E-state index is -3.11. The van der Waals surface area contributed by atoms with E-state index in [9.17, 15) is 22.8 Å². The lowest BCUT2D eigenvalue weighted by atomic mass is 10.1. The number of carbonyl (C=O) groups excluding carboxylic acids is 3. The highest BCUT2D eigenvalue weighted by Crippen LogP contribution is 2.22. The molecule has 0 spiro atoms. The van der Waals surface area contributed by atoms with Crippen molar-refractivity contribution in [2.45, 2.75) is 58.5 Å². The van der Waals surface area contributed by atoms with Gasteiger partial charge in [0.1, 0.15) is 0 Å². The zero-order valence-corrected chi connectivity index (χ0v) is 17.2. The molecule has 2 amide bonds. The molecule has 0 aromatic carbocycles. The second-order valence-corrected chi connectivity index (χ2v) is 9.87. The van der Waals surface area contributed by atoms with E-state index in [0.29, 0.717) is 19.5 Å². The normalized spacial score (nSPS) is 24.4. The molecule has 2 rings (SSSR count). The van der Waals surface area contributed by atoms with Crippen LogP contribution >= 0.6 is 0 Å². The van der Waals surface area contributed by atoms with Gasteiger partial charge in [0.05, 0.1) is 17.4 Å². The van der Waals surface area contributed by atoms with E-state index >= 15 is 0 Å². The van der Waals surface area contributed by atoms with Crippen LogP contribution in [0.4, 0.5) is 0 Å². The Morgan fingerprint density at radius 1 is 1.33 bits per heavy atom. The van der Waals surface area contributed by atoms with Gasteiger partial charge in [-0.2, -0.15) is 0 Å². The Hall–Kier alpha value is -1.64. The van der Waals surface area contributed by atoms with Gasteiger partial charge in [-0.1, -0.05) is 13.3 Å².